The SMILES string of the molecule is CCCN(CC)C(=O)c1cc(S(=O)(=O)Cl)c(C)cc1F. The van der Waals surface area contributed by atoms with Gasteiger partial charge in [-0.1, -0.05) is 6.92 Å². The third-order valence-electron chi connectivity index (χ3n) is 2.92. The van der Waals surface area contributed by atoms with Gasteiger partial charge in [-0.05, 0) is 38.0 Å². The minimum absolute atomic E-state index is 0.174. The number of carbonyl (C=O) groups is 1. The number of hydrogen-bond acceptors (Lipinski definition) is 3. The van der Waals surface area contributed by atoms with Crippen LogP contribution in [-0.4, -0.2) is 32.3 Å². The van der Waals surface area contributed by atoms with E-state index in [1.165, 1.54) is 11.8 Å². The fourth-order valence-corrected chi connectivity index (χ4v) is 3.12. The minimum Gasteiger partial charge on any atom is -0.339 e. The van der Waals surface area contributed by atoms with Gasteiger partial charge < -0.3 is 4.90 Å². The van der Waals surface area contributed by atoms with Crippen molar-refractivity contribution in [1.29, 1.82) is 0 Å². The molecule has 0 unspecified atom stereocenters. The summed E-state index contributed by atoms with van der Waals surface area (Å²) in [7, 11) is 1.28. The van der Waals surface area contributed by atoms with Gasteiger partial charge in [0.1, 0.15) is 5.82 Å². The summed E-state index contributed by atoms with van der Waals surface area (Å²) >= 11 is 0. The molecule has 0 spiro atoms. The molecular formula is C13H17ClFNO3S. The van der Waals surface area contributed by atoms with Crippen LogP contribution in [0.25, 0.3) is 0 Å². The molecule has 0 aliphatic rings. The van der Waals surface area contributed by atoms with Gasteiger partial charge in [0.2, 0.25) is 0 Å². The van der Waals surface area contributed by atoms with Gasteiger partial charge in [0.25, 0.3) is 15.0 Å². The van der Waals surface area contributed by atoms with E-state index >= 15 is 0 Å². The van der Waals surface area contributed by atoms with E-state index in [0.29, 0.717) is 13.1 Å². The van der Waals surface area contributed by atoms with Crippen molar-refractivity contribution in [1.82, 2.24) is 4.90 Å². The summed E-state index contributed by atoms with van der Waals surface area (Å²) in [5.74, 6) is -1.28. The summed E-state index contributed by atoms with van der Waals surface area (Å²) in [4.78, 5) is 13.4. The van der Waals surface area contributed by atoms with E-state index in [2.05, 4.69) is 0 Å². The molecule has 20 heavy (non-hydrogen) atoms. The van der Waals surface area contributed by atoms with E-state index in [-0.39, 0.29) is 16.0 Å². The highest BCUT2D eigenvalue weighted by Gasteiger charge is 2.23. The van der Waals surface area contributed by atoms with Crippen LogP contribution in [0.15, 0.2) is 17.0 Å². The highest BCUT2D eigenvalue weighted by atomic mass is 35.7. The van der Waals surface area contributed by atoms with Gasteiger partial charge in [-0.25, -0.2) is 12.8 Å². The Morgan fingerprint density at radius 1 is 1.35 bits per heavy atom. The summed E-state index contributed by atoms with van der Waals surface area (Å²) in [5, 5.41) is 0. The summed E-state index contributed by atoms with van der Waals surface area (Å²) < 4.78 is 36.8. The molecule has 0 radical (unpaired) electrons. The molecule has 0 bridgehead atoms. The second-order valence-corrected chi connectivity index (χ2v) is 6.95. The molecule has 112 valence electrons. The Kier molecular flexibility index (Phi) is 5.53. The fraction of sp³-hybridized carbons (Fsp3) is 0.462. The zero-order chi connectivity index (χ0) is 15.5. The number of amides is 1. The number of aryl methyl sites for hydroxylation is 1. The Hall–Kier alpha value is -1.14. The van der Waals surface area contributed by atoms with E-state index in [0.717, 1.165) is 18.6 Å². The molecule has 1 rings (SSSR count). The van der Waals surface area contributed by atoms with Crippen LogP contribution in [0, 0.1) is 12.7 Å². The highest BCUT2D eigenvalue weighted by Crippen LogP contribution is 2.24. The zero-order valence-electron chi connectivity index (χ0n) is 11.6. The van der Waals surface area contributed by atoms with Crippen molar-refractivity contribution in [3.8, 4) is 0 Å². The number of rotatable bonds is 5. The van der Waals surface area contributed by atoms with Crippen molar-refractivity contribution >= 4 is 25.6 Å². The predicted molar refractivity (Wildman–Crippen MR) is 76.0 cm³/mol. The first-order chi connectivity index (χ1) is 9.22. The number of hydrogen-bond donors (Lipinski definition) is 0. The quantitative estimate of drug-likeness (QED) is 0.783. The van der Waals surface area contributed by atoms with Gasteiger partial charge >= 0.3 is 0 Å². The van der Waals surface area contributed by atoms with Gasteiger partial charge in [0.15, 0.2) is 0 Å². The van der Waals surface area contributed by atoms with Gasteiger partial charge in [-0.15, -0.1) is 0 Å². The molecular weight excluding hydrogens is 305 g/mol. The van der Waals surface area contributed by atoms with Crippen LogP contribution in [0.2, 0.25) is 0 Å². The van der Waals surface area contributed by atoms with Crippen molar-refractivity contribution in [3.05, 3.63) is 29.1 Å². The van der Waals surface area contributed by atoms with E-state index in [4.69, 9.17) is 10.7 Å². The first-order valence-corrected chi connectivity index (χ1v) is 8.57. The molecule has 0 saturated heterocycles. The molecule has 0 saturated carbocycles. The average molecular weight is 322 g/mol. The summed E-state index contributed by atoms with van der Waals surface area (Å²) in [6, 6.07) is 2.02. The summed E-state index contributed by atoms with van der Waals surface area (Å²) in [6.45, 7) is 6.00. The maximum atomic E-state index is 13.9. The average Bonchev–Trinajstić information content (AvgIpc) is 2.33. The number of nitrogens with zero attached hydrogens (tertiary/aromatic N) is 1. The van der Waals surface area contributed by atoms with Crippen LogP contribution >= 0.6 is 10.7 Å². The van der Waals surface area contributed by atoms with Crippen LogP contribution in [0.1, 0.15) is 36.2 Å². The monoisotopic (exact) mass is 321 g/mol. The molecule has 1 aromatic rings. The van der Waals surface area contributed by atoms with E-state index < -0.39 is 20.8 Å². The van der Waals surface area contributed by atoms with Gasteiger partial charge in [-0.2, -0.15) is 0 Å². The molecule has 0 atom stereocenters. The molecule has 0 N–H and O–H groups in total. The van der Waals surface area contributed by atoms with Crippen molar-refractivity contribution in [3.63, 3.8) is 0 Å². The van der Waals surface area contributed by atoms with Crippen molar-refractivity contribution in [2.24, 2.45) is 0 Å². The van der Waals surface area contributed by atoms with Crippen LogP contribution in [0.5, 0.6) is 0 Å². The Labute approximate surface area is 123 Å². The van der Waals surface area contributed by atoms with Crippen LogP contribution in [0.4, 0.5) is 4.39 Å². The first kappa shape index (κ1) is 16.9. The largest absolute Gasteiger partial charge is 0.339 e. The molecule has 0 fully saturated rings. The van der Waals surface area contributed by atoms with E-state index in [1.807, 2.05) is 6.92 Å². The number of halogens is 2. The minimum atomic E-state index is -4.02. The topological polar surface area (TPSA) is 54.5 Å². The number of benzene rings is 1. The summed E-state index contributed by atoms with van der Waals surface area (Å²) in [6.07, 6.45) is 0.730. The lowest BCUT2D eigenvalue weighted by molar-refractivity contribution is 0.0759. The van der Waals surface area contributed by atoms with Gasteiger partial charge in [0, 0.05) is 23.8 Å². The van der Waals surface area contributed by atoms with Crippen LogP contribution in [0.3, 0.4) is 0 Å². The molecule has 4 nitrogen and oxygen atoms in total. The van der Waals surface area contributed by atoms with Crippen molar-refractivity contribution in [2.75, 3.05) is 13.1 Å². The Morgan fingerprint density at radius 3 is 2.40 bits per heavy atom. The van der Waals surface area contributed by atoms with E-state index in [1.54, 1.807) is 6.92 Å². The van der Waals surface area contributed by atoms with Crippen molar-refractivity contribution in [2.45, 2.75) is 32.1 Å². The standard InChI is InChI=1S/C13H17ClFNO3S/c1-4-6-16(5-2)13(17)10-8-12(20(14,18)19)9(3)7-11(10)15/h7-8H,4-6H2,1-3H3. The predicted octanol–water partition coefficient (Wildman–Crippen LogP) is 2.93. The first-order valence-electron chi connectivity index (χ1n) is 6.26. The normalized spacial score (nSPS) is 11.4. The van der Waals surface area contributed by atoms with E-state index in [9.17, 15) is 17.6 Å². The van der Waals surface area contributed by atoms with Crippen LogP contribution < -0.4 is 0 Å². The third kappa shape index (κ3) is 3.70. The number of carbonyl (C=O) groups excluding carboxylic acids is 1. The molecule has 0 heterocycles. The van der Waals surface area contributed by atoms with Gasteiger partial charge in [-0.3, -0.25) is 4.79 Å². The maximum absolute atomic E-state index is 13.9. The Morgan fingerprint density at radius 2 is 1.95 bits per heavy atom. The Balaban J connectivity index is 3.35. The second kappa shape index (κ2) is 6.54. The van der Waals surface area contributed by atoms with Gasteiger partial charge in [0.05, 0.1) is 10.5 Å². The zero-order valence-corrected chi connectivity index (χ0v) is 13.2. The molecule has 0 aromatic heterocycles. The molecule has 1 aromatic carbocycles. The molecule has 1 amide bonds. The molecule has 0 aliphatic carbocycles. The Bertz CT molecular complexity index is 616. The second-order valence-electron chi connectivity index (χ2n) is 4.42. The van der Waals surface area contributed by atoms with Crippen molar-refractivity contribution < 1.29 is 17.6 Å². The third-order valence-corrected chi connectivity index (χ3v) is 4.38. The van der Waals surface area contributed by atoms with Crippen LogP contribution in [-0.2, 0) is 9.05 Å². The lowest BCUT2D eigenvalue weighted by Crippen LogP contribution is -2.32. The highest BCUT2D eigenvalue weighted by molar-refractivity contribution is 8.13. The maximum Gasteiger partial charge on any atom is 0.261 e. The molecule has 7 heteroatoms. The molecule has 0 aliphatic heterocycles. The summed E-state index contributed by atoms with van der Waals surface area (Å²) in [5.41, 5.74) is -0.0993. The lowest BCUT2D eigenvalue weighted by Gasteiger charge is -2.20. The fourth-order valence-electron chi connectivity index (χ4n) is 1.92. The smallest absolute Gasteiger partial charge is 0.261 e. The lowest BCUT2D eigenvalue weighted by atomic mass is 10.1.